The van der Waals surface area contributed by atoms with Gasteiger partial charge in [-0.15, -0.1) is 0 Å². The van der Waals surface area contributed by atoms with Gasteiger partial charge in [0.1, 0.15) is 5.52 Å². The van der Waals surface area contributed by atoms with Crippen LogP contribution in [-0.2, 0) is 14.1 Å². The first-order chi connectivity index (χ1) is 6.13. The first-order valence-electron chi connectivity index (χ1n) is 3.86. The number of pyridine rings is 1. The molecule has 0 saturated carbocycles. The van der Waals surface area contributed by atoms with Crippen molar-refractivity contribution in [2.45, 2.75) is 0 Å². The number of fused-ring (bicyclic) bond motifs is 1. The molecule has 0 aliphatic carbocycles. The number of H-pyrrole nitrogens is 1. The molecule has 5 nitrogen and oxygen atoms in total. The molecule has 0 aliphatic rings. The Hall–Kier alpha value is -1.78. The fourth-order valence-electron chi connectivity index (χ4n) is 1.48. The minimum absolute atomic E-state index is 0.188. The van der Waals surface area contributed by atoms with E-state index >= 15 is 0 Å². The van der Waals surface area contributed by atoms with Crippen molar-refractivity contribution < 1.29 is 0 Å². The van der Waals surface area contributed by atoms with Crippen molar-refractivity contribution in [3.8, 4) is 0 Å². The molecule has 0 atom stereocenters. The summed E-state index contributed by atoms with van der Waals surface area (Å²) >= 11 is 0. The third-order valence-corrected chi connectivity index (χ3v) is 2.18. The minimum Gasteiger partial charge on any atom is -0.327 e. The average molecular weight is 179 g/mol. The van der Waals surface area contributed by atoms with Gasteiger partial charge in [-0.3, -0.25) is 13.9 Å². The van der Waals surface area contributed by atoms with E-state index in [0.29, 0.717) is 11.0 Å². The second-order valence-corrected chi connectivity index (χ2v) is 2.94. The molecule has 0 fully saturated rings. The molecule has 2 aromatic rings. The molecule has 5 heteroatoms. The van der Waals surface area contributed by atoms with Gasteiger partial charge in [-0.2, -0.15) is 0 Å². The summed E-state index contributed by atoms with van der Waals surface area (Å²) in [6, 6.07) is 1.71. The quantitative estimate of drug-likeness (QED) is 0.596. The van der Waals surface area contributed by atoms with Crippen LogP contribution in [0.3, 0.4) is 0 Å². The second-order valence-electron chi connectivity index (χ2n) is 2.94. The van der Waals surface area contributed by atoms with Crippen LogP contribution in [0.25, 0.3) is 11.0 Å². The molecule has 0 amide bonds. The van der Waals surface area contributed by atoms with Crippen molar-refractivity contribution in [3.63, 3.8) is 0 Å². The minimum atomic E-state index is -0.238. The summed E-state index contributed by atoms with van der Waals surface area (Å²) in [5.74, 6) is 0. The SMILES string of the molecule is Cn1c(=O)n(C)c2c(=O)[nH]ccc21. The molecule has 0 aromatic carbocycles. The lowest BCUT2D eigenvalue weighted by Gasteiger charge is -1.90. The topological polar surface area (TPSA) is 59.8 Å². The van der Waals surface area contributed by atoms with Crippen molar-refractivity contribution in [1.82, 2.24) is 14.1 Å². The number of rotatable bonds is 0. The van der Waals surface area contributed by atoms with Crippen LogP contribution in [0.5, 0.6) is 0 Å². The zero-order valence-electron chi connectivity index (χ0n) is 7.37. The molecule has 0 aliphatic heterocycles. The highest BCUT2D eigenvalue weighted by atomic mass is 16.2. The Morgan fingerprint density at radius 1 is 1.23 bits per heavy atom. The van der Waals surface area contributed by atoms with Crippen molar-refractivity contribution >= 4 is 11.0 Å². The van der Waals surface area contributed by atoms with Crippen LogP contribution in [0.1, 0.15) is 0 Å². The lowest BCUT2D eigenvalue weighted by atomic mass is 10.4. The zero-order chi connectivity index (χ0) is 9.59. The van der Waals surface area contributed by atoms with Crippen LogP contribution < -0.4 is 11.2 Å². The predicted octanol–water partition coefficient (Wildman–Crippen LogP) is -0.435. The molecule has 2 heterocycles. The number of aromatic amines is 1. The summed E-state index contributed by atoms with van der Waals surface area (Å²) in [4.78, 5) is 25.3. The average Bonchev–Trinajstić information content (AvgIpc) is 2.33. The van der Waals surface area contributed by atoms with E-state index in [1.807, 2.05) is 0 Å². The van der Waals surface area contributed by atoms with Gasteiger partial charge in [0.05, 0.1) is 5.52 Å². The molecule has 68 valence electrons. The molecule has 0 saturated heterocycles. The van der Waals surface area contributed by atoms with Crippen molar-refractivity contribution in [1.29, 1.82) is 0 Å². The van der Waals surface area contributed by atoms with E-state index < -0.39 is 0 Å². The van der Waals surface area contributed by atoms with E-state index in [4.69, 9.17) is 0 Å². The first kappa shape index (κ1) is 7.85. The van der Waals surface area contributed by atoms with Gasteiger partial charge in [0.2, 0.25) is 0 Å². The Balaban J connectivity index is 3.22. The third-order valence-electron chi connectivity index (χ3n) is 2.18. The number of imidazole rings is 1. The Morgan fingerprint density at radius 2 is 1.92 bits per heavy atom. The maximum Gasteiger partial charge on any atom is 0.328 e. The maximum absolute atomic E-state index is 11.4. The van der Waals surface area contributed by atoms with Gasteiger partial charge in [0, 0.05) is 20.3 Å². The summed E-state index contributed by atoms with van der Waals surface area (Å²) in [5.41, 5.74) is 0.635. The van der Waals surface area contributed by atoms with E-state index in [-0.39, 0.29) is 11.2 Å². The van der Waals surface area contributed by atoms with Gasteiger partial charge in [0.15, 0.2) is 0 Å². The van der Waals surface area contributed by atoms with Gasteiger partial charge < -0.3 is 4.98 Å². The standard InChI is InChI=1S/C8H9N3O2/c1-10-5-3-4-9-7(12)6(5)11(2)8(10)13/h3-4H,1-2H3,(H,9,12). The van der Waals surface area contributed by atoms with Crippen LogP contribution in [0.2, 0.25) is 0 Å². The largest absolute Gasteiger partial charge is 0.328 e. The second kappa shape index (κ2) is 2.35. The van der Waals surface area contributed by atoms with Crippen LogP contribution in [0.15, 0.2) is 21.9 Å². The lowest BCUT2D eigenvalue weighted by molar-refractivity contribution is 0.794. The molecule has 1 N–H and O–H groups in total. The van der Waals surface area contributed by atoms with Gasteiger partial charge >= 0.3 is 5.69 Å². The molecule has 13 heavy (non-hydrogen) atoms. The molecule has 2 aromatic heterocycles. The summed E-state index contributed by atoms with van der Waals surface area (Å²) in [6.07, 6.45) is 1.53. The molecule has 0 bridgehead atoms. The van der Waals surface area contributed by atoms with Gasteiger partial charge in [-0.05, 0) is 6.07 Å². The highest BCUT2D eigenvalue weighted by molar-refractivity contribution is 5.74. The van der Waals surface area contributed by atoms with Gasteiger partial charge in [-0.25, -0.2) is 4.79 Å². The highest BCUT2D eigenvalue weighted by Gasteiger charge is 2.09. The molecule has 0 spiro atoms. The summed E-state index contributed by atoms with van der Waals surface area (Å²) < 4.78 is 2.79. The number of aryl methyl sites for hydroxylation is 2. The Bertz CT molecular complexity index is 573. The third kappa shape index (κ3) is 0.867. The number of nitrogens with zero attached hydrogens (tertiary/aromatic N) is 2. The molecule has 0 unspecified atom stereocenters. The highest BCUT2D eigenvalue weighted by Crippen LogP contribution is 2.03. The first-order valence-corrected chi connectivity index (χ1v) is 3.86. The van der Waals surface area contributed by atoms with Gasteiger partial charge in [-0.1, -0.05) is 0 Å². The van der Waals surface area contributed by atoms with E-state index in [2.05, 4.69) is 4.98 Å². The smallest absolute Gasteiger partial charge is 0.327 e. The molecular weight excluding hydrogens is 170 g/mol. The van der Waals surface area contributed by atoms with Crippen molar-refractivity contribution in [2.24, 2.45) is 14.1 Å². The number of nitrogens with one attached hydrogen (secondary N) is 1. The van der Waals surface area contributed by atoms with E-state index in [9.17, 15) is 9.59 Å². The Labute approximate surface area is 73.2 Å². The zero-order valence-corrected chi connectivity index (χ0v) is 7.37. The van der Waals surface area contributed by atoms with Crippen LogP contribution >= 0.6 is 0 Å². The maximum atomic E-state index is 11.4. The Morgan fingerprint density at radius 3 is 2.54 bits per heavy atom. The van der Waals surface area contributed by atoms with Crippen LogP contribution in [-0.4, -0.2) is 14.1 Å². The van der Waals surface area contributed by atoms with E-state index in [1.54, 1.807) is 20.2 Å². The summed E-state index contributed by atoms with van der Waals surface area (Å²) in [7, 11) is 3.23. The number of hydrogen-bond donors (Lipinski definition) is 1. The van der Waals surface area contributed by atoms with Crippen molar-refractivity contribution in [2.75, 3.05) is 0 Å². The van der Waals surface area contributed by atoms with Crippen LogP contribution in [0, 0.1) is 0 Å². The van der Waals surface area contributed by atoms with E-state index in [0.717, 1.165) is 0 Å². The fraction of sp³-hybridized carbons (Fsp3) is 0.250. The summed E-state index contributed by atoms with van der Waals surface area (Å²) in [6.45, 7) is 0. The summed E-state index contributed by atoms with van der Waals surface area (Å²) in [5, 5.41) is 0. The van der Waals surface area contributed by atoms with Crippen molar-refractivity contribution in [3.05, 3.63) is 33.1 Å². The Kier molecular flexibility index (Phi) is 1.42. The number of aromatic nitrogens is 3. The lowest BCUT2D eigenvalue weighted by Crippen LogP contribution is -2.20. The molecule has 2 rings (SSSR count). The van der Waals surface area contributed by atoms with Crippen LogP contribution in [0.4, 0.5) is 0 Å². The van der Waals surface area contributed by atoms with Gasteiger partial charge in [0.25, 0.3) is 5.56 Å². The molecular formula is C8H9N3O2. The normalized spacial score (nSPS) is 10.9. The predicted molar refractivity (Wildman–Crippen MR) is 48.8 cm³/mol. The fourth-order valence-corrected chi connectivity index (χ4v) is 1.48. The van der Waals surface area contributed by atoms with E-state index in [1.165, 1.54) is 15.3 Å². The monoisotopic (exact) mass is 179 g/mol. The molecule has 0 radical (unpaired) electrons. The number of hydrogen-bond acceptors (Lipinski definition) is 2.